The van der Waals surface area contributed by atoms with E-state index in [9.17, 15) is 0 Å². The molecule has 13 heavy (non-hydrogen) atoms. The zero-order valence-corrected chi connectivity index (χ0v) is 8.38. The van der Waals surface area contributed by atoms with Crippen LogP contribution in [0.2, 0.25) is 0 Å². The van der Waals surface area contributed by atoms with Crippen LogP contribution in [-0.2, 0) is 5.54 Å². The molecule has 0 spiro atoms. The minimum atomic E-state index is 0.302. The third kappa shape index (κ3) is 1.37. The van der Waals surface area contributed by atoms with E-state index in [4.69, 9.17) is 0 Å². The summed E-state index contributed by atoms with van der Waals surface area (Å²) in [6.07, 6.45) is 2.49. The second kappa shape index (κ2) is 3.15. The molecule has 2 unspecified atom stereocenters. The molecule has 0 bridgehead atoms. The first-order valence-electron chi connectivity index (χ1n) is 5.13. The Kier molecular flexibility index (Phi) is 2.12. The van der Waals surface area contributed by atoms with E-state index in [1.54, 1.807) is 0 Å². The van der Waals surface area contributed by atoms with E-state index in [1.807, 2.05) is 0 Å². The van der Waals surface area contributed by atoms with Crippen molar-refractivity contribution in [1.29, 1.82) is 0 Å². The average molecular weight is 175 g/mol. The Balaban J connectivity index is 2.24. The second-order valence-electron chi connectivity index (χ2n) is 3.95. The third-order valence-corrected chi connectivity index (χ3v) is 3.06. The number of benzene rings is 1. The van der Waals surface area contributed by atoms with E-state index in [0.717, 1.165) is 0 Å². The molecule has 1 heteroatoms. The summed E-state index contributed by atoms with van der Waals surface area (Å²) in [5.74, 6) is 0. The van der Waals surface area contributed by atoms with Crippen molar-refractivity contribution in [3.8, 4) is 0 Å². The average Bonchev–Trinajstić information content (AvgIpc) is 2.80. The van der Waals surface area contributed by atoms with E-state index >= 15 is 0 Å². The van der Waals surface area contributed by atoms with Gasteiger partial charge in [0.2, 0.25) is 0 Å². The minimum absolute atomic E-state index is 0.302. The van der Waals surface area contributed by atoms with Gasteiger partial charge < -0.3 is 5.32 Å². The lowest BCUT2D eigenvalue weighted by atomic mass is 9.91. The van der Waals surface area contributed by atoms with Crippen molar-refractivity contribution in [1.82, 2.24) is 5.32 Å². The van der Waals surface area contributed by atoms with Crippen molar-refractivity contribution in [2.45, 2.75) is 38.3 Å². The second-order valence-corrected chi connectivity index (χ2v) is 3.95. The van der Waals surface area contributed by atoms with Gasteiger partial charge in [0.25, 0.3) is 0 Å². The largest absolute Gasteiger partial charge is 0.301 e. The van der Waals surface area contributed by atoms with Crippen LogP contribution in [0.5, 0.6) is 0 Å². The first-order chi connectivity index (χ1) is 6.29. The van der Waals surface area contributed by atoms with E-state index in [0.29, 0.717) is 11.6 Å². The smallest absolute Gasteiger partial charge is 0.0590 e. The predicted octanol–water partition coefficient (Wildman–Crippen LogP) is 2.67. The highest BCUT2D eigenvalue weighted by Gasteiger charge is 2.50. The number of hydrogen-bond donors (Lipinski definition) is 1. The highest BCUT2D eigenvalue weighted by Crippen LogP contribution is 2.41. The zero-order chi connectivity index (χ0) is 9.31. The normalized spacial score (nSPS) is 31.7. The number of nitrogens with one attached hydrogen (secondary N) is 1. The third-order valence-electron chi connectivity index (χ3n) is 3.06. The van der Waals surface area contributed by atoms with Crippen LogP contribution >= 0.6 is 0 Å². The summed E-state index contributed by atoms with van der Waals surface area (Å²) in [7, 11) is 0. The van der Waals surface area contributed by atoms with Crippen LogP contribution in [0.25, 0.3) is 0 Å². The fourth-order valence-electron chi connectivity index (χ4n) is 2.24. The lowest BCUT2D eigenvalue weighted by Crippen LogP contribution is -2.13. The first-order valence-corrected chi connectivity index (χ1v) is 5.13. The molecule has 1 aliphatic heterocycles. The summed E-state index contributed by atoms with van der Waals surface area (Å²) in [6, 6.07) is 11.4. The molecule has 70 valence electrons. The molecule has 0 radical (unpaired) electrons. The highest BCUT2D eigenvalue weighted by atomic mass is 15.2. The molecule has 0 aliphatic carbocycles. The zero-order valence-electron chi connectivity index (χ0n) is 8.38. The van der Waals surface area contributed by atoms with E-state index in [1.165, 1.54) is 18.4 Å². The Hall–Kier alpha value is -0.820. The predicted molar refractivity (Wildman–Crippen MR) is 55.6 cm³/mol. The van der Waals surface area contributed by atoms with Gasteiger partial charge in [-0.3, -0.25) is 0 Å². The van der Waals surface area contributed by atoms with Gasteiger partial charge in [-0.25, -0.2) is 0 Å². The summed E-state index contributed by atoms with van der Waals surface area (Å²) in [4.78, 5) is 0. The van der Waals surface area contributed by atoms with Gasteiger partial charge in [-0.2, -0.15) is 0 Å². The van der Waals surface area contributed by atoms with E-state index < -0.39 is 0 Å². The Morgan fingerprint density at radius 2 is 1.92 bits per heavy atom. The van der Waals surface area contributed by atoms with Crippen LogP contribution in [-0.4, -0.2) is 6.04 Å². The maximum atomic E-state index is 3.56. The molecule has 1 fully saturated rings. The molecule has 1 nitrogen and oxygen atoms in total. The van der Waals surface area contributed by atoms with Gasteiger partial charge in [0.05, 0.1) is 5.54 Å². The van der Waals surface area contributed by atoms with Crippen molar-refractivity contribution in [2.24, 2.45) is 0 Å². The highest BCUT2D eigenvalue weighted by molar-refractivity contribution is 5.33. The maximum Gasteiger partial charge on any atom is 0.0590 e. The van der Waals surface area contributed by atoms with Crippen LogP contribution in [0, 0.1) is 0 Å². The van der Waals surface area contributed by atoms with Gasteiger partial charge in [-0.15, -0.1) is 0 Å². The van der Waals surface area contributed by atoms with Gasteiger partial charge >= 0.3 is 0 Å². The van der Waals surface area contributed by atoms with Crippen LogP contribution in [0.3, 0.4) is 0 Å². The first kappa shape index (κ1) is 8.76. The molecule has 1 aliphatic rings. The minimum Gasteiger partial charge on any atom is -0.301 e. The Bertz CT molecular complexity index is 280. The fourth-order valence-corrected chi connectivity index (χ4v) is 2.24. The van der Waals surface area contributed by atoms with E-state index in [2.05, 4.69) is 49.5 Å². The monoisotopic (exact) mass is 175 g/mol. The number of rotatable bonds is 3. The summed E-state index contributed by atoms with van der Waals surface area (Å²) in [6.45, 7) is 4.51. The molecule has 2 atom stereocenters. The molecule has 1 heterocycles. The molecule has 1 saturated heterocycles. The Morgan fingerprint density at radius 1 is 1.31 bits per heavy atom. The molecule has 0 saturated carbocycles. The summed E-state index contributed by atoms with van der Waals surface area (Å²) >= 11 is 0. The van der Waals surface area contributed by atoms with Gasteiger partial charge in [0.15, 0.2) is 0 Å². The lowest BCUT2D eigenvalue weighted by molar-refractivity contribution is 0.576. The van der Waals surface area contributed by atoms with E-state index in [-0.39, 0.29) is 0 Å². The Labute approximate surface area is 80.2 Å². The SMILES string of the molecule is CCCC1(c2ccccc2)NC1C. The maximum absolute atomic E-state index is 3.56. The van der Waals surface area contributed by atoms with Crippen molar-refractivity contribution in [3.63, 3.8) is 0 Å². The van der Waals surface area contributed by atoms with Gasteiger partial charge in [-0.1, -0.05) is 43.7 Å². The number of hydrogen-bond acceptors (Lipinski definition) is 1. The molecule has 0 aromatic heterocycles. The quantitative estimate of drug-likeness (QED) is 0.701. The topological polar surface area (TPSA) is 21.9 Å². The fraction of sp³-hybridized carbons (Fsp3) is 0.500. The van der Waals surface area contributed by atoms with Gasteiger partial charge in [0, 0.05) is 6.04 Å². The van der Waals surface area contributed by atoms with Crippen LogP contribution in [0.15, 0.2) is 30.3 Å². The molecular weight excluding hydrogens is 158 g/mol. The molecular formula is C12H17N. The van der Waals surface area contributed by atoms with Crippen molar-refractivity contribution in [2.75, 3.05) is 0 Å². The van der Waals surface area contributed by atoms with Crippen LogP contribution < -0.4 is 5.32 Å². The molecule has 1 aromatic carbocycles. The molecule has 0 amide bonds. The van der Waals surface area contributed by atoms with Crippen molar-refractivity contribution in [3.05, 3.63) is 35.9 Å². The van der Waals surface area contributed by atoms with Gasteiger partial charge in [0.1, 0.15) is 0 Å². The standard InChI is InChI=1S/C12H17N/c1-3-9-12(10(2)13-12)11-7-5-4-6-8-11/h4-8,10,13H,3,9H2,1-2H3. The van der Waals surface area contributed by atoms with Gasteiger partial charge in [-0.05, 0) is 18.9 Å². The molecule has 2 rings (SSSR count). The van der Waals surface area contributed by atoms with Crippen LogP contribution in [0.1, 0.15) is 32.3 Å². The van der Waals surface area contributed by atoms with Crippen molar-refractivity contribution < 1.29 is 0 Å². The summed E-state index contributed by atoms with van der Waals surface area (Å²) in [5, 5.41) is 3.56. The van der Waals surface area contributed by atoms with Crippen molar-refractivity contribution >= 4 is 0 Å². The summed E-state index contributed by atoms with van der Waals surface area (Å²) < 4.78 is 0. The lowest BCUT2D eigenvalue weighted by Gasteiger charge is -2.13. The molecule has 1 N–H and O–H groups in total. The summed E-state index contributed by atoms with van der Waals surface area (Å²) in [5.41, 5.74) is 1.75. The van der Waals surface area contributed by atoms with Crippen LogP contribution in [0.4, 0.5) is 0 Å². The molecule has 1 aromatic rings. The Morgan fingerprint density at radius 3 is 2.38 bits per heavy atom.